The molecule has 1 saturated carbocycles. The number of hydrogen-bond acceptors (Lipinski definition) is 4. The van der Waals surface area contributed by atoms with Crippen molar-refractivity contribution in [3.8, 4) is 0 Å². The maximum absolute atomic E-state index is 12.3. The molecular formula is C17H31N3O2. The first-order valence-electron chi connectivity index (χ1n) is 9.09. The fraction of sp³-hybridized carbons (Fsp3) is 0.941. The lowest BCUT2D eigenvalue weighted by Crippen LogP contribution is -2.51. The van der Waals surface area contributed by atoms with Crippen molar-refractivity contribution in [1.29, 1.82) is 0 Å². The number of carbonyl (C=O) groups is 1. The number of amides is 1. The van der Waals surface area contributed by atoms with E-state index in [1.54, 1.807) is 0 Å². The topological polar surface area (TPSA) is 53.6 Å². The van der Waals surface area contributed by atoms with Gasteiger partial charge in [0.1, 0.15) is 0 Å². The molecule has 0 bridgehead atoms. The summed E-state index contributed by atoms with van der Waals surface area (Å²) >= 11 is 0. The van der Waals surface area contributed by atoms with Gasteiger partial charge in [-0.15, -0.1) is 0 Å². The number of rotatable bonds is 5. The number of hydrogen-bond donors (Lipinski definition) is 2. The largest absolute Gasteiger partial charge is 0.379 e. The van der Waals surface area contributed by atoms with Gasteiger partial charge in [-0.2, -0.15) is 0 Å². The Hall–Kier alpha value is -0.650. The molecule has 0 aromatic rings. The number of ether oxygens (including phenoxy) is 1. The van der Waals surface area contributed by atoms with Crippen LogP contribution >= 0.6 is 0 Å². The van der Waals surface area contributed by atoms with Gasteiger partial charge in [0, 0.05) is 31.6 Å². The summed E-state index contributed by atoms with van der Waals surface area (Å²) in [4.78, 5) is 14.9. The van der Waals surface area contributed by atoms with Crippen LogP contribution in [0.2, 0.25) is 0 Å². The molecule has 2 N–H and O–H groups in total. The van der Waals surface area contributed by atoms with Crippen LogP contribution in [-0.2, 0) is 9.53 Å². The number of morpholine rings is 1. The third-order valence-corrected chi connectivity index (χ3v) is 5.59. The smallest absolute Gasteiger partial charge is 0.237 e. The van der Waals surface area contributed by atoms with Gasteiger partial charge in [0.2, 0.25) is 5.91 Å². The van der Waals surface area contributed by atoms with Crippen molar-refractivity contribution in [2.24, 2.45) is 5.41 Å². The molecule has 22 heavy (non-hydrogen) atoms. The minimum atomic E-state index is 0.0454. The van der Waals surface area contributed by atoms with Crippen molar-refractivity contribution in [3.63, 3.8) is 0 Å². The molecule has 3 aliphatic rings. The summed E-state index contributed by atoms with van der Waals surface area (Å²) in [5, 5.41) is 6.56. The zero-order chi connectivity index (χ0) is 15.3. The first-order chi connectivity index (χ1) is 10.8. The maximum atomic E-state index is 12.3. The highest BCUT2D eigenvalue weighted by Gasteiger charge is 2.35. The van der Waals surface area contributed by atoms with Crippen LogP contribution in [0.1, 0.15) is 44.9 Å². The van der Waals surface area contributed by atoms with E-state index in [4.69, 9.17) is 4.74 Å². The second kappa shape index (κ2) is 7.75. The average Bonchev–Trinajstić information content (AvgIpc) is 3.09. The zero-order valence-corrected chi connectivity index (χ0v) is 13.7. The summed E-state index contributed by atoms with van der Waals surface area (Å²) in [5.41, 5.74) is 0.282. The lowest BCUT2D eigenvalue weighted by molar-refractivity contribution is -0.123. The van der Waals surface area contributed by atoms with Gasteiger partial charge < -0.3 is 15.4 Å². The van der Waals surface area contributed by atoms with Crippen molar-refractivity contribution < 1.29 is 9.53 Å². The van der Waals surface area contributed by atoms with E-state index in [1.165, 1.54) is 32.1 Å². The molecule has 1 unspecified atom stereocenters. The Labute approximate surface area is 134 Å². The molecule has 0 aromatic heterocycles. The lowest BCUT2D eigenvalue weighted by atomic mass is 9.73. The maximum Gasteiger partial charge on any atom is 0.237 e. The van der Waals surface area contributed by atoms with Crippen molar-refractivity contribution in [2.75, 3.05) is 45.9 Å². The first-order valence-corrected chi connectivity index (χ1v) is 9.09. The van der Waals surface area contributed by atoms with E-state index in [9.17, 15) is 4.79 Å². The fourth-order valence-electron chi connectivity index (χ4n) is 4.23. The number of carbonyl (C=O) groups excluding carboxylic acids is 1. The highest BCUT2D eigenvalue weighted by Crippen LogP contribution is 2.36. The van der Waals surface area contributed by atoms with Gasteiger partial charge in [0.25, 0.3) is 0 Å². The summed E-state index contributed by atoms with van der Waals surface area (Å²) in [6, 6.07) is 0.0454. The molecule has 1 aliphatic carbocycles. The normalized spacial score (nSPS) is 29.4. The van der Waals surface area contributed by atoms with Crippen LogP contribution in [-0.4, -0.2) is 62.8 Å². The number of nitrogens with one attached hydrogen (secondary N) is 2. The van der Waals surface area contributed by atoms with E-state index >= 15 is 0 Å². The molecule has 5 heteroatoms. The van der Waals surface area contributed by atoms with Gasteiger partial charge in [0.05, 0.1) is 19.3 Å². The van der Waals surface area contributed by atoms with Crippen LogP contribution < -0.4 is 10.6 Å². The highest BCUT2D eigenvalue weighted by atomic mass is 16.5. The summed E-state index contributed by atoms with van der Waals surface area (Å²) in [6.45, 7) is 6.75. The third kappa shape index (κ3) is 4.21. The second-order valence-corrected chi connectivity index (χ2v) is 7.32. The average molecular weight is 309 g/mol. The molecule has 1 atom stereocenters. The van der Waals surface area contributed by atoms with Gasteiger partial charge in [-0.1, -0.05) is 19.3 Å². The quantitative estimate of drug-likeness (QED) is 0.799. The van der Waals surface area contributed by atoms with Crippen molar-refractivity contribution in [1.82, 2.24) is 15.5 Å². The van der Waals surface area contributed by atoms with E-state index < -0.39 is 0 Å². The van der Waals surface area contributed by atoms with E-state index in [1.807, 2.05) is 0 Å². The predicted octanol–water partition coefficient (Wildman–Crippen LogP) is 1.14. The van der Waals surface area contributed by atoms with Gasteiger partial charge in [-0.05, 0) is 32.2 Å². The second-order valence-electron chi connectivity index (χ2n) is 7.32. The monoisotopic (exact) mass is 309 g/mol. The first kappa shape index (κ1) is 16.2. The summed E-state index contributed by atoms with van der Waals surface area (Å²) in [6.07, 6.45) is 8.58. The molecule has 0 radical (unpaired) electrons. The summed E-state index contributed by atoms with van der Waals surface area (Å²) < 4.78 is 5.47. The van der Waals surface area contributed by atoms with Crippen LogP contribution in [0.4, 0.5) is 0 Å². The standard InChI is InChI=1S/C17H31N3O2/c21-16(15-5-4-8-18-15)19-13-17(6-2-1-3-7-17)14-20-9-11-22-12-10-20/h15,18H,1-14H2,(H,19,21). The van der Waals surface area contributed by atoms with Crippen LogP contribution in [0.5, 0.6) is 0 Å². The van der Waals surface area contributed by atoms with Crippen LogP contribution in [0.3, 0.4) is 0 Å². The summed E-state index contributed by atoms with van der Waals surface area (Å²) in [7, 11) is 0. The van der Waals surface area contributed by atoms with Crippen LogP contribution in [0, 0.1) is 5.41 Å². The molecule has 1 amide bonds. The molecule has 0 spiro atoms. The van der Waals surface area contributed by atoms with Crippen LogP contribution in [0.25, 0.3) is 0 Å². The molecule has 2 saturated heterocycles. The SMILES string of the molecule is O=C(NCC1(CN2CCOCC2)CCCCC1)C1CCCN1. The minimum Gasteiger partial charge on any atom is -0.379 e. The predicted molar refractivity (Wildman–Crippen MR) is 86.8 cm³/mol. The minimum absolute atomic E-state index is 0.0454. The van der Waals surface area contributed by atoms with Crippen LogP contribution in [0.15, 0.2) is 0 Å². The molecule has 3 fully saturated rings. The Morgan fingerprint density at radius 3 is 2.64 bits per heavy atom. The molecule has 2 aliphatic heterocycles. The Morgan fingerprint density at radius 1 is 1.18 bits per heavy atom. The highest BCUT2D eigenvalue weighted by molar-refractivity contribution is 5.82. The van der Waals surface area contributed by atoms with E-state index in [0.29, 0.717) is 0 Å². The Balaban J connectivity index is 1.54. The van der Waals surface area contributed by atoms with Crippen molar-refractivity contribution in [3.05, 3.63) is 0 Å². The summed E-state index contributed by atoms with van der Waals surface area (Å²) in [5.74, 6) is 0.212. The Kier molecular flexibility index (Phi) is 5.71. The van der Waals surface area contributed by atoms with Crippen molar-refractivity contribution in [2.45, 2.75) is 51.0 Å². The molecule has 126 valence electrons. The van der Waals surface area contributed by atoms with Gasteiger partial charge in [-0.25, -0.2) is 0 Å². The van der Waals surface area contributed by atoms with E-state index in [0.717, 1.165) is 58.8 Å². The fourth-order valence-corrected chi connectivity index (χ4v) is 4.23. The van der Waals surface area contributed by atoms with E-state index in [2.05, 4.69) is 15.5 Å². The Bertz CT molecular complexity index is 357. The molecule has 3 rings (SSSR count). The lowest BCUT2D eigenvalue weighted by Gasteiger charge is -2.42. The Morgan fingerprint density at radius 2 is 1.95 bits per heavy atom. The van der Waals surface area contributed by atoms with Gasteiger partial charge in [-0.3, -0.25) is 9.69 Å². The van der Waals surface area contributed by atoms with Crippen molar-refractivity contribution >= 4 is 5.91 Å². The molecule has 0 aromatic carbocycles. The molecule has 5 nitrogen and oxygen atoms in total. The number of nitrogens with zero attached hydrogens (tertiary/aromatic N) is 1. The molecule has 2 heterocycles. The van der Waals surface area contributed by atoms with Gasteiger partial charge >= 0.3 is 0 Å². The zero-order valence-electron chi connectivity index (χ0n) is 13.7. The third-order valence-electron chi connectivity index (χ3n) is 5.59. The van der Waals surface area contributed by atoms with E-state index in [-0.39, 0.29) is 17.4 Å². The van der Waals surface area contributed by atoms with Gasteiger partial charge in [0.15, 0.2) is 0 Å². The molecular weight excluding hydrogens is 278 g/mol.